The summed E-state index contributed by atoms with van der Waals surface area (Å²) in [7, 11) is 0. The number of hydrogen-bond acceptors (Lipinski definition) is 2. The van der Waals surface area contributed by atoms with Gasteiger partial charge in [0.1, 0.15) is 11.5 Å². The van der Waals surface area contributed by atoms with Crippen LogP contribution in [0.2, 0.25) is 5.02 Å². The third-order valence-corrected chi connectivity index (χ3v) is 2.75. The number of halogens is 4. The van der Waals surface area contributed by atoms with Gasteiger partial charge in [0.25, 0.3) is 0 Å². The minimum atomic E-state index is -4.55. The Hall–Kier alpha value is -2.01. The van der Waals surface area contributed by atoms with Gasteiger partial charge in [-0.1, -0.05) is 23.7 Å². The highest BCUT2D eigenvalue weighted by atomic mass is 35.5. The molecule has 0 radical (unpaired) electrons. The Morgan fingerprint density at radius 2 is 1.75 bits per heavy atom. The fraction of sp³-hybridized carbons (Fsp3) is 0.0714. The molecule has 104 valence electrons. The maximum absolute atomic E-state index is 12.8. The van der Waals surface area contributed by atoms with Gasteiger partial charge in [0.15, 0.2) is 6.29 Å². The van der Waals surface area contributed by atoms with E-state index in [0.29, 0.717) is 6.29 Å². The molecule has 0 amide bonds. The molecule has 0 aliphatic heterocycles. The first-order valence-corrected chi connectivity index (χ1v) is 5.88. The van der Waals surface area contributed by atoms with Gasteiger partial charge in [-0.2, -0.15) is 13.2 Å². The van der Waals surface area contributed by atoms with E-state index in [4.69, 9.17) is 16.3 Å². The predicted octanol–water partition coefficient (Wildman–Crippen LogP) is 4.96. The Morgan fingerprint density at radius 3 is 2.40 bits per heavy atom. The molecule has 2 nitrogen and oxygen atoms in total. The molecular weight excluding hydrogens is 293 g/mol. The minimum Gasteiger partial charge on any atom is -0.456 e. The molecule has 0 N–H and O–H groups in total. The Balaban J connectivity index is 2.45. The van der Waals surface area contributed by atoms with Crippen molar-refractivity contribution in [1.29, 1.82) is 0 Å². The minimum absolute atomic E-state index is 0.0239. The number of rotatable bonds is 3. The lowest BCUT2D eigenvalue weighted by atomic mass is 10.2. The lowest BCUT2D eigenvalue weighted by molar-refractivity contribution is -0.138. The molecule has 20 heavy (non-hydrogen) atoms. The third-order valence-electron chi connectivity index (χ3n) is 2.51. The van der Waals surface area contributed by atoms with Crippen LogP contribution in [0.5, 0.6) is 11.5 Å². The fourth-order valence-corrected chi connectivity index (χ4v) is 1.76. The Bertz CT molecular complexity index is 639. The van der Waals surface area contributed by atoms with Crippen molar-refractivity contribution in [2.45, 2.75) is 6.18 Å². The van der Waals surface area contributed by atoms with Crippen LogP contribution in [0.25, 0.3) is 0 Å². The van der Waals surface area contributed by atoms with E-state index in [1.54, 1.807) is 0 Å². The summed E-state index contributed by atoms with van der Waals surface area (Å²) in [6, 6.07) is 8.87. The Morgan fingerprint density at radius 1 is 1.05 bits per heavy atom. The highest BCUT2D eigenvalue weighted by molar-refractivity contribution is 6.30. The highest BCUT2D eigenvalue weighted by Gasteiger charge is 2.34. The molecule has 0 spiro atoms. The molecule has 0 aliphatic carbocycles. The molecule has 0 aliphatic rings. The summed E-state index contributed by atoms with van der Waals surface area (Å²) >= 11 is 5.75. The number of hydrogen-bond donors (Lipinski definition) is 0. The first-order chi connectivity index (χ1) is 9.41. The van der Waals surface area contributed by atoms with Crippen molar-refractivity contribution in [3.63, 3.8) is 0 Å². The lowest BCUT2D eigenvalue weighted by Gasteiger charge is -2.14. The second-order valence-electron chi connectivity index (χ2n) is 3.90. The molecule has 0 aromatic heterocycles. The topological polar surface area (TPSA) is 26.3 Å². The van der Waals surface area contributed by atoms with E-state index in [1.807, 2.05) is 0 Å². The quantitative estimate of drug-likeness (QED) is 0.749. The van der Waals surface area contributed by atoms with Gasteiger partial charge in [0.2, 0.25) is 0 Å². The van der Waals surface area contributed by atoms with E-state index >= 15 is 0 Å². The summed E-state index contributed by atoms with van der Waals surface area (Å²) in [6.07, 6.45) is -4.06. The number of alkyl halides is 3. The van der Waals surface area contributed by atoms with Crippen LogP contribution in [0.3, 0.4) is 0 Å². The highest BCUT2D eigenvalue weighted by Crippen LogP contribution is 2.38. The number of aldehydes is 1. The molecule has 2 rings (SSSR count). The summed E-state index contributed by atoms with van der Waals surface area (Å²) in [5.41, 5.74) is -0.803. The van der Waals surface area contributed by atoms with Gasteiger partial charge >= 0.3 is 6.18 Å². The number of benzene rings is 2. The second-order valence-corrected chi connectivity index (χ2v) is 4.33. The molecule has 2 aromatic rings. The number of para-hydroxylation sites is 1. The number of ether oxygens (including phenoxy) is 1. The van der Waals surface area contributed by atoms with Crippen LogP contribution in [-0.2, 0) is 6.18 Å². The fourth-order valence-electron chi connectivity index (χ4n) is 1.60. The largest absolute Gasteiger partial charge is 0.456 e. The molecule has 2 aromatic carbocycles. The third kappa shape index (κ3) is 3.11. The van der Waals surface area contributed by atoms with Crippen molar-refractivity contribution in [3.8, 4) is 11.5 Å². The second kappa shape index (κ2) is 5.54. The standard InChI is InChI=1S/C14H8ClF3O2/c15-10-6-5-9(8-19)13(7-10)20-12-4-2-1-3-11(12)14(16,17)18/h1-8H. The first-order valence-electron chi connectivity index (χ1n) is 5.50. The maximum Gasteiger partial charge on any atom is 0.419 e. The first kappa shape index (κ1) is 14.4. The molecular formula is C14H8ClF3O2. The van der Waals surface area contributed by atoms with E-state index in [9.17, 15) is 18.0 Å². The van der Waals surface area contributed by atoms with E-state index in [0.717, 1.165) is 6.07 Å². The van der Waals surface area contributed by atoms with E-state index in [2.05, 4.69) is 0 Å². The molecule has 0 heterocycles. The van der Waals surface area contributed by atoms with Crippen molar-refractivity contribution < 1.29 is 22.7 Å². The summed E-state index contributed by atoms with van der Waals surface area (Å²) < 4.78 is 43.7. The van der Waals surface area contributed by atoms with E-state index in [1.165, 1.54) is 36.4 Å². The van der Waals surface area contributed by atoms with Gasteiger partial charge in [-0.25, -0.2) is 0 Å². The predicted molar refractivity (Wildman–Crippen MR) is 68.4 cm³/mol. The zero-order valence-electron chi connectivity index (χ0n) is 9.95. The Kier molecular flexibility index (Phi) is 3.99. The molecule has 0 saturated carbocycles. The van der Waals surface area contributed by atoms with Gasteiger partial charge in [0.05, 0.1) is 11.1 Å². The summed E-state index contributed by atoms with van der Waals surface area (Å²) in [5, 5.41) is 0.259. The summed E-state index contributed by atoms with van der Waals surface area (Å²) in [5.74, 6) is -0.408. The lowest BCUT2D eigenvalue weighted by Crippen LogP contribution is -2.07. The normalized spacial score (nSPS) is 11.2. The molecule has 6 heteroatoms. The van der Waals surface area contributed by atoms with Crippen molar-refractivity contribution in [2.24, 2.45) is 0 Å². The van der Waals surface area contributed by atoms with Crippen LogP contribution in [-0.4, -0.2) is 6.29 Å². The summed E-state index contributed by atoms with van der Waals surface area (Å²) in [6.45, 7) is 0. The van der Waals surface area contributed by atoms with Crippen molar-refractivity contribution in [2.75, 3.05) is 0 Å². The van der Waals surface area contributed by atoms with E-state index in [-0.39, 0.29) is 22.1 Å². The van der Waals surface area contributed by atoms with Crippen molar-refractivity contribution >= 4 is 17.9 Å². The van der Waals surface area contributed by atoms with Gasteiger partial charge in [0, 0.05) is 11.1 Å². The van der Waals surface area contributed by atoms with E-state index < -0.39 is 11.7 Å². The smallest absolute Gasteiger partial charge is 0.419 e. The van der Waals surface area contributed by atoms with Crippen LogP contribution >= 0.6 is 11.6 Å². The van der Waals surface area contributed by atoms with Crippen LogP contribution in [0, 0.1) is 0 Å². The van der Waals surface area contributed by atoms with Crippen LogP contribution in [0.1, 0.15) is 15.9 Å². The van der Waals surface area contributed by atoms with Crippen molar-refractivity contribution in [3.05, 3.63) is 58.6 Å². The molecule has 0 fully saturated rings. The molecule has 0 bridgehead atoms. The zero-order valence-corrected chi connectivity index (χ0v) is 10.7. The zero-order chi connectivity index (χ0) is 14.8. The summed E-state index contributed by atoms with van der Waals surface area (Å²) in [4.78, 5) is 10.9. The van der Waals surface area contributed by atoms with Crippen LogP contribution in [0.4, 0.5) is 13.2 Å². The van der Waals surface area contributed by atoms with Crippen LogP contribution in [0.15, 0.2) is 42.5 Å². The van der Waals surface area contributed by atoms with Gasteiger partial charge in [-0.3, -0.25) is 4.79 Å². The Labute approximate surface area is 117 Å². The molecule has 0 saturated heterocycles. The molecule has 0 atom stereocenters. The average Bonchev–Trinajstić information content (AvgIpc) is 2.38. The monoisotopic (exact) mass is 300 g/mol. The SMILES string of the molecule is O=Cc1ccc(Cl)cc1Oc1ccccc1C(F)(F)F. The number of carbonyl (C=O) groups is 1. The van der Waals surface area contributed by atoms with Crippen LogP contribution < -0.4 is 4.74 Å². The van der Waals surface area contributed by atoms with Gasteiger partial charge in [-0.15, -0.1) is 0 Å². The molecule has 0 unspecified atom stereocenters. The average molecular weight is 301 g/mol. The number of carbonyl (C=O) groups excluding carboxylic acids is 1. The van der Waals surface area contributed by atoms with Gasteiger partial charge in [-0.05, 0) is 24.3 Å². The van der Waals surface area contributed by atoms with Gasteiger partial charge < -0.3 is 4.74 Å². The maximum atomic E-state index is 12.8. The van der Waals surface area contributed by atoms with Crippen molar-refractivity contribution in [1.82, 2.24) is 0 Å².